The maximum absolute atomic E-state index is 5.90. The van der Waals surface area contributed by atoms with Gasteiger partial charge >= 0.3 is 0 Å². The van der Waals surface area contributed by atoms with Gasteiger partial charge in [-0.3, -0.25) is 0 Å². The Morgan fingerprint density at radius 3 is 2.56 bits per heavy atom. The smallest absolute Gasteiger partial charge is 0.0667 e. The zero-order chi connectivity index (χ0) is 11.4. The zero-order valence-electron chi connectivity index (χ0n) is 10.4. The maximum atomic E-state index is 5.90. The van der Waals surface area contributed by atoms with Gasteiger partial charge in [0.1, 0.15) is 0 Å². The Kier molecular flexibility index (Phi) is 3.82. The second kappa shape index (κ2) is 5.15. The van der Waals surface area contributed by atoms with E-state index in [1.807, 2.05) is 0 Å². The molecule has 16 heavy (non-hydrogen) atoms. The van der Waals surface area contributed by atoms with Gasteiger partial charge < -0.3 is 4.74 Å². The minimum Gasteiger partial charge on any atom is -0.382 e. The van der Waals surface area contributed by atoms with Crippen LogP contribution in [-0.4, -0.2) is 21.9 Å². The van der Waals surface area contributed by atoms with Crippen molar-refractivity contribution in [3.8, 4) is 0 Å². The molecule has 1 aromatic carbocycles. The Morgan fingerprint density at radius 2 is 1.94 bits per heavy atom. The molecular formula is C14H22OSi. The highest BCUT2D eigenvalue weighted by molar-refractivity contribution is 6.41. The fourth-order valence-electron chi connectivity index (χ4n) is 2.54. The lowest BCUT2D eigenvalue weighted by Gasteiger charge is -2.31. The van der Waals surface area contributed by atoms with Gasteiger partial charge in [0.25, 0.3) is 0 Å². The van der Waals surface area contributed by atoms with E-state index in [1.165, 1.54) is 24.8 Å². The van der Waals surface area contributed by atoms with Gasteiger partial charge in [-0.2, -0.15) is 0 Å². The van der Waals surface area contributed by atoms with E-state index in [1.54, 1.807) is 0 Å². The summed E-state index contributed by atoms with van der Waals surface area (Å²) in [5.74, 6) is 0. The average Bonchev–Trinajstić information content (AvgIpc) is 2.31. The van der Waals surface area contributed by atoms with E-state index < -0.39 is 0 Å². The molecule has 0 N–H and O–H groups in total. The number of rotatable bonds is 3. The van der Waals surface area contributed by atoms with E-state index in [0.29, 0.717) is 10.8 Å². The summed E-state index contributed by atoms with van der Waals surface area (Å²) in [4.78, 5) is 0. The molecule has 88 valence electrons. The Morgan fingerprint density at radius 1 is 1.19 bits per heavy atom. The molecule has 0 amide bonds. The van der Waals surface area contributed by atoms with Crippen LogP contribution < -0.4 is 0 Å². The van der Waals surface area contributed by atoms with Gasteiger partial charge in [0.2, 0.25) is 0 Å². The average molecular weight is 234 g/mol. The molecule has 0 saturated carbocycles. The van der Waals surface area contributed by atoms with Crippen molar-refractivity contribution in [3.63, 3.8) is 0 Å². The standard InChI is InChI=1S/C14H22OSi/c1-14(2,12-8-4-3-5-9-12)16-13-10-6-7-11-15-13/h3-5,8-9,13H,6-7,10-11,16H2,1-2H3. The quantitative estimate of drug-likeness (QED) is 0.731. The zero-order valence-corrected chi connectivity index (χ0v) is 11.8. The van der Waals surface area contributed by atoms with Gasteiger partial charge in [0.05, 0.1) is 9.52 Å². The SMILES string of the molecule is CC(C)([SiH2]C1CCCCO1)c1ccccc1. The molecule has 1 unspecified atom stereocenters. The molecular weight excluding hydrogens is 212 g/mol. The normalized spacial score (nSPS) is 22.8. The van der Waals surface area contributed by atoms with E-state index in [4.69, 9.17) is 4.74 Å². The van der Waals surface area contributed by atoms with E-state index in [9.17, 15) is 0 Å². The fourth-order valence-corrected chi connectivity index (χ4v) is 4.93. The van der Waals surface area contributed by atoms with Crippen LogP contribution in [0.2, 0.25) is 0 Å². The first-order valence-corrected chi connectivity index (χ1v) is 7.88. The largest absolute Gasteiger partial charge is 0.382 e. The van der Waals surface area contributed by atoms with Gasteiger partial charge in [-0.05, 0) is 29.9 Å². The predicted molar refractivity (Wildman–Crippen MR) is 71.6 cm³/mol. The third-order valence-electron chi connectivity index (χ3n) is 3.57. The first-order valence-electron chi connectivity index (χ1n) is 6.36. The highest BCUT2D eigenvalue weighted by Gasteiger charge is 2.27. The van der Waals surface area contributed by atoms with Gasteiger partial charge in [-0.15, -0.1) is 0 Å². The molecule has 1 aliphatic heterocycles. The van der Waals surface area contributed by atoms with E-state index in [-0.39, 0.29) is 9.52 Å². The minimum atomic E-state index is -0.227. The van der Waals surface area contributed by atoms with Gasteiger partial charge in [-0.1, -0.05) is 44.2 Å². The second-order valence-corrected chi connectivity index (χ2v) is 8.53. The van der Waals surface area contributed by atoms with E-state index in [2.05, 4.69) is 44.2 Å². The van der Waals surface area contributed by atoms with Crippen molar-refractivity contribution in [2.24, 2.45) is 0 Å². The van der Waals surface area contributed by atoms with Gasteiger partial charge in [-0.25, -0.2) is 0 Å². The number of hydrogen-bond donors (Lipinski definition) is 0. The second-order valence-electron chi connectivity index (χ2n) is 5.44. The molecule has 1 aromatic rings. The molecule has 2 rings (SSSR count). The Labute approximate surface area is 101 Å². The van der Waals surface area contributed by atoms with E-state index >= 15 is 0 Å². The number of benzene rings is 1. The van der Waals surface area contributed by atoms with Gasteiger partial charge in [0, 0.05) is 12.3 Å². The summed E-state index contributed by atoms with van der Waals surface area (Å²) in [6.07, 6.45) is 3.92. The van der Waals surface area contributed by atoms with Crippen LogP contribution in [0, 0.1) is 0 Å². The minimum absolute atomic E-state index is 0.227. The van der Waals surface area contributed by atoms with Gasteiger partial charge in [0.15, 0.2) is 0 Å². The van der Waals surface area contributed by atoms with Crippen molar-refractivity contribution in [1.29, 1.82) is 0 Å². The van der Waals surface area contributed by atoms with Crippen molar-refractivity contribution in [3.05, 3.63) is 35.9 Å². The van der Waals surface area contributed by atoms with Crippen LogP contribution in [0.4, 0.5) is 0 Å². The lowest BCUT2D eigenvalue weighted by atomic mass is 10.0. The molecule has 1 nitrogen and oxygen atoms in total. The van der Waals surface area contributed by atoms with Crippen LogP contribution in [0.15, 0.2) is 30.3 Å². The molecule has 0 aliphatic carbocycles. The molecule has 0 radical (unpaired) electrons. The summed E-state index contributed by atoms with van der Waals surface area (Å²) in [5.41, 5.74) is 2.08. The topological polar surface area (TPSA) is 9.23 Å². The summed E-state index contributed by atoms with van der Waals surface area (Å²) in [6.45, 7) is 5.75. The molecule has 1 heterocycles. The first-order chi connectivity index (χ1) is 7.68. The van der Waals surface area contributed by atoms with Crippen molar-refractivity contribution < 1.29 is 4.74 Å². The summed E-state index contributed by atoms with van der Waals surface area (Å²) >= 11 is 0. The summed E-state index contributed by atoms with van der Waals surface area (Å²) < 4.78 is 5.90. The summed E-state index contributed by atoms with van der Waals surface area (Å²) in [7, 11) is -0.227. The van der Waals surface area contributed by atoms with Crippen molar-refractivity contribution in [2.45, 2.75) is 43.9 Å². The molecule has 0 aromatic heterocycles. The Hall–Kier alpha value is -0.603. The highest BCUT2D eigenvalue weighted by Crippen LogP contribution is 2.25. The fraction of sp³-hybridized carbons (Fsp3) is 0.571. The number of hydrogen-bond acceptors (Lipinski definition) is 1. The number of ether oxygens (including phenoxy) is 1. The molecule has 0 bridgehead atoms. The monoisotopic (exact) mass is 234 g/mol. The van der Waals surface area contributed by atoms with Crippen molar-refractivity contribution in [2.75, 3.05) is 6.61 Å². The van der Waals surface area contributed by atoms with Crippen LogP contribution in [0.25, 0.3) is 0 Å². The Bertz CT molecular complexity index is 315. The van der Waals surface area contributed by atoms with E-state index in [0.717, 1.165) is 6.61 Å². The molecule has 1 atom stereocenters. The van der Waals surface area contributed by atoms with Crippen LogP contribution in [0.1, 0.15) is 38.7 Å². The maximum Gasteiger partial charge on any atom is 0.0667 e. The molecule has 1 aliphatic rings. The highest BCUT2D eigenvalue weighted by atomic mass is 28.2. The van der Waals surface area contributed by atoms with Crippen LogP contribution >= 0.6 is 0 Å². The van der Waals surface area contributed by atoms with Crippen molar-refractivity contribution >= 4 is 9.52 Å². The Balaban J connectivity index is 2.01. The third kappa shape index (κ3) is 2.95. The molecule has 1 fully saturated rings. The first kappa shape index (κ1) is 11.9. The van der Waals surface area contributed by atoms with Crippen LogP contribution in [-0.2, 0) is 9.78 Å². The summed E-state index contributed by atoms with van der Waals surface area (Å²) in [6, 6.07) is 10.9. The lowest BCUT2D eigenvalue weighted by Crippen LogP contribution is -2.38. The van der Waals surface area contributed by atoms with Crippen molar-refractivity contribution in [1.82, 2.24) is 0 Å². The molecule has 1 saturated heterocycles. The molecule has 2 heteroatoms. The van der Waals surface area contributed by atoms with Crippen LogP contribution in [0.3, 0.4) is 0 Å². The van der Waals surface area contributed by atoms with Crippen LogP contribution in [0.5, 0.6) is 0 Å². The molecule has 0 spiro atoms. The third-order valence-corrected chi connectivity index (χ3v) is 6.10. The predicted octanol–water partition coefficient (Wildman–Crippen LogP) is 2.62. The lowest BCUT2D eigenvalue weighted by molar-refractivity contribution is 0.0634. The summed E-state index contributed by atoms with van der Waals surface area (Å²) in [5, 5.41) is 0.364.